The molecule has 8 heteroatoms. The van der Waals surface area contributed by atoms with Crippen molar-refractivity contribution in [3.05, 3.63) is 58.5 Å². The molecule has 1 heterocycles. The predicted molar refractivity (Wildman–Crippen MR) is 99.3 cm³/mol. The Morgan fingerprint density at radius 2 is 1.96 bits per heavy atom. The first kappa shape index (κ1) is 17.6. The predicted octanol–water partition coefficient (Wildman–Crippen LogP) is 3.63. The Balaban J connectivity index is 1.91. The van der Waals surface area contributed by atoms with Crippen LogP contribution < -0.4 is 10.1 Å². The van der Waals surface area contributed by atoms with E-state index >= 15 is 0 Å². The van der Waals surface area contributed by atoms with Crippen LogP contribution in [0.2, 0.25) is 0 Å². The number of rotatable bonds is 4. The van der Waals surface area contributed by atoms with Crippen LogP contribution in [0.4, 0.5) is 10.5 Å². The Kier molecular flexibility index (Phi) is 4.94. The van der Waals surface area contributed by atoms with Gasteiger partial charge in [0.2, 0.25) is 0 Å². The van der Waals surface area contributed by atoms with Gasteiger partial charge in [-0.3, -0.25) is 4.79 Å². The van der Waals surface area contributed by atoms with Crippen molar-refractivity contribution in [3.63, 3.8) is 0 Å². The largest absolute Gasteiger partial charge is 0.504 e. The highest BCUT2D eigenvalue weighted by molar-refractivity contribution is 8.18. The summed E-state index contributed by atoms with van der Waals surface area (Å²) in [5.41, 5.74) is 1.34. The second-order valence-corrected chi connectivity index (χ2v) is 6.28. The van der Waals surface area contributed by atoms with Gasteiger partial charge >= 0.3 is 5.97 Å². The number of amides is 1. The maximum absolute atomic E-state index is 11.7. The van der Waals surface area contributed by atoms with Gasteiger partial charge in [-0.2, -0.15) is 0 Å². The molecule has 0 aliphatic carbocycles. The highest BCUT2D eigenvalue weighted by atomic mass is 32.2. The van der Waals surface area contributed by atoms with Crippen molar-refractivity contribution < 1.29 is 24.5 Å². The van der Waals surface area contributed by atoms with E-state index < -0.39 is 5.97 Å². The zero-order valence-corrected chi connectivity index (χ0v) is 14.4. The van der Waals surface area contributed by atoms with E-state index in [4.69, 9.17) is 9.84 Å². The second kappa shape index (κ2) is 7.32. The lowest BCUT2D eigenvalue weighted by molar-refractivity contribution is 0.0697. The maximum Gasteiger partial charge on any atom is 0.335 e. The molecule has 26 heavy (non-hydrogen) atoms. The first-order valence-electron chi connectivity index (χ1n) is 7.46. The minimum atomic E-state index is -1.02. The van der Waals surface area contributed by atoms with Crippen molar-refractivity contribution in [2.45, 2.75) is 0 Å². The topological polar surface area (TPSA) is 108 Å². The number of aliphatic imine (C=N–C) groups is 1. The van der Waals surface area contributed by atoms with Crippen LogP contribution in [-0.4, -0.2) is 34.4 Å². The minimum absolute atomic E-state index is 0.00752. The summed E-state index contributed by atoms with van der Waals surface area (Å²) < 4.78 is 5.01. The molecule has 7 nitrogen and oxygen atoms in total. The van der Waals surface area contributed by atoms with Gasteiger partial charge in [-0.1, -0.05) is 6.07 Å². The second-order valence-electron chi connectivity index (χ2n) is 5.27. The summed E-state index contributed by atoms with van der Waals surface area (Å²) in [6.07, 6.45) is 1.71. The molecule has 0 spiro atoms. The van der Waals surface area contributed by atoms with Gasteiger partial charge in [0.1, 0.15) is 5.84 Å². The van der Waals surface area contributed by atoms with E-state index in [9.17, 15) is 14.7 Å². The van der Waals surface area contributed by atoms with E-state index in [-0.39, 0.29) is 16.6 Å². The Morgan fingerprint density at radius 1 is 1.23 bits per heavy atom. The van der Waals surface area contributed by atoms with Gasteiger partial charge in [0.05, 0.1) is 23.3 Å². The van der Waals surface area contributed by atoms with Crippen LogP contribution in [-0.2, 0) is 0 Å². The molecule has 1 aliphatic rings. The number of aromatic carboxylic acids is 1. The fourth-order valence-electron chi connectivity index (χ4n) is 2.27. The number of ether oxygens (including phenoxy) is 1. The number of nitrogens with one attached hydrogen (secondary N) is 1. The Labute approximate surface area is 153 Å². The van der Waals surface area contributed by atoms with Crippen molar-refractivity contribution in [2.24, 2.45) is 4.99 Å². The van der Waals surface area contributed by atoms with Crippen molar-refractivity contribution in [1.29, 1.82) is 0 Å². The van der Waals surface area contributed by atoms with Crippen LogP contribution in [0.5, 0.6) is 11.5 Å². The molecule has 132 valence electrons. The molecule has 0 saturated carbocycles. The molecule has 0 bridgehead atoms. The van der Waals surface area contributed by atoms with Crippen molar-refractivity contribution in [2.75, 3.05) is 7.11 Å². The third-order valence-electron chi connectivity index (χ3n) is 3.51. The number of carboxylic acid groups (broad SMARTS) is 1. The number of thioether (sulfide) groups is 1. The number of carboxylic acids is 1. The number of methoxy groups -OCH3 is 1. The first-order valence-corrected chi connectivity index (χ1v) is 8.28. The third kappa shape index (κ3) is 3.86. The zero-order chi connectivity index (χ0) is 18.7. The molecule has 1 amide bonds. The number of hydrogen-bond donors (Lipinski definition) is 3. The van der Waals surface area contributed by atoms with Crippen LogP contribution in [0.25, 0.3) is 6.08 Å². The number of benzene rings is 2. The van der Waals surface area contributed by atoms with Crippen molar-refractivity contribution in [3.8, 4) is 11.5 Å². The quantitative estimate of drug-likeness (QED) is 0.758. The van der Waals surface area contributed by atoms with E-state index in [1.165, 1.54) is 25.3 Å². The minimum Gasteiger partial charge on any atom is -0.504 e. The van der Waals surface area contributed by atoms with Gasteiger partial charge in [0.25, 0.3) is 5.24 Å². The van der Waals surface area contributed by atoms with Crippen LogP contribution in [0.1, 0.15) is 15.9 Å². The summed E-state index contributed by atoms with van der Waals surface area (Å²) in [6.45, 7) is 0. The molecule has 0 atom stereocenters. The molecule has 1 fully saturated rings. The van der Waals surface area contributed by atoms with Gasteiger partial charge in [0.15, 0.2) is 11.5 Å². The fraction of sp³-hybridized carbons (Fsp3) is 0.0556. The lowest BCUT2D eigenvalue weighted by Crippen LogP contribution is -2.18. The lowest BCUT2D eigenvalue weighted by atomic mass is 10.2. The monoisotopic (exact) mass is 370 g/mol. The number of phenolic OH excluding ortho intramolecular Hbond substituents is 1. The van der Waals surface area contributed by atoms with Gasteiger partial charge in [-0.05, 0) is 59.8 Å². The van der Waals surface area contributed by atoms with E-state index in [1.807, 2.05) is 0 Å². The highest BCUT2D eigenvalue weighted by Crippen LogP contribution is 2.31. The molecular formula is C18H14N2O5S. The third-order valence-corrected chi connectivity index (χ3v) is 4.33. The number of amidine groups is 1. The van der Waals surface area contributed by atoms with Crippen LogP contribution in [0.15, 0.2) is 52.4 Å². The standard InChI is InChI=1S/C18H14N2O5S/c1-25-14-7-2-10(8-13(14)21)9-15-16(20-18(24)26-15)19-12-5-3-11(4-6-12)17(22)23/h2-9,21H,1H3,(H,22,23)(H,19,20,24)/b15-9-. The molecule has 1 saturated heterocycles. The fourth-order valence-corrected chi connectivity index (χ4v) is 3.00. The molecule has 2 aromatic rings. The van der Waals surface area contributed by atoms with Gasteiger partial charge in [-0.25, -0.2) is 9.79 Å². The molecule has 3 N–H and O–H groups in total. The Hall–Kier alpha value is -3.26. The average molecular weight is 370 g/mol. The number of carbonyl (C=O) groups excluding carboxylic acids is 1. The number of hydrogen-bond acceptors (Lipinski definition) is 6. The van der Waals surface area contributed by atoms with Crippen molar-refractivity contribution in [1.82, 2.24) is 5.32 Å². The molecular weight excluding hydrogens is 356 g/mol. The average Bonchev–Trinajstić information content (AvgIpc) is 2.94. The summed E-state index contributed by atoms with van der Waals surface area (Å²) in [5.74, 6) is -0.313. The summed E-state index contributed by atoms with van der Waals surface area (Å²) in [5, 5.41) is 21.2. The Morgan fingerprint density at radius 3 is 2.58 bits per heavy atom. The van der Waals surface area contributed by atoms with E-state index in [0.29, 0.717) is 27.7 Å². The van der Waals surface area contributed by atoms with Crippen LogP contribution in [0.3, 0.4) is 0 Å². The molecule has 0 radical (unpaired) electrons. The number of nitrogens with zero attached hydrogens (tertiary/aromatic N) is 1. The molecule has 0 aromatic heterocycles. The van der Waals surface area contributed by atoms with E-state index in [2.05, 4.69) is 10.3 Å². The molecule has 1 aliphatic heterocycles. The normalized spacial score (nSPS) is 16.7. The van der Waals surface area contributed by atoms with E-state index in [0.717, 1.165) is 11.8 Å². The van der Waals surface area contributed by atoms with Crippen LogP contribution >= 0.6 is 11.8 Å². The van der Waals surface area contributed by atoms with Gasteiger partial charge in [-0.15, -0.1) is 0 Å². The highest BCUT2D eigenvalue weighted by Gasteiger charge is 2.23. The van der Waals surface area contributed by atoms with Crippen LogP contribution in [0, 0.1) is 0 Å². The summed E-state index contributed by atoms with van der Waals surface area (Å²) >= 11 is 0.985. The maximum atomic E-state index is 11.7. The smallest absolute Gasteiger partial charge is 0.335 e. The summed E-state index contributed by atoms with van der Waals surface area (Å²) in [6, 6.07) is 10.9. The lowest BCUT2D eigenvalue weighted by Gasteiger charge is -2.04. The zero-order valence-electron chi connectivity index (χ0n) is 13.6. The molecule has 0 unspecified atom stereocenters. The number of aromatic hydroxyl groups is 1. The summed E-state index contributed by atoms with van der Waals surface area (Å²) in [7, 11) is 1.46. The first-order chi connectivity index (χ1) is 12.5. The number of phenols is 1. The molecule has 2 aromatic carbocycles. The Bertz CT molecular complexity index is 935. The van der Waals surface area contributed by atoms with E-state index in [1.54, 1.807) is 30.3 Å². The number of carbonyl (C=O) groups is 2. The summed E-state index contributed by atoms with van der Waals surface area (Å²) in [4.78, 5) is 27.6. The van der Waals surface area contributed by atoms with Gasteiger partial charge < -0.3 is 20.3 Å². The SMILES string of the molecule is COc1ccc(/C=C2\SC(=O)NC2=Nc2ccc(C(=O)O)cc2)cc1O. The molecule has 3 rings (SSSR count). The van der Waals surface area contributed by atoms with Gasteiger partial charge in [0, 0.05) is 0 Å². The van der Waals surface area contributed by atoms with Crippen molar-refractivity contribution >= 4 is 40.6 Å².